The molecule has 0 fully saturated rings. The first kappa shape index (κ1) is 15.5. The van der Waals surface area contributed by atoms with Crippen molar-refractivity contribution in [1.82, 2.24) is 5.32 Å². The van der Waals surface area contributed by atoms with Gasteiger partial charge >= 0.3 is 5.97 Å². The summed E-state index contributed by atoms with van der Waals surface area (Å²) in [7, 11) is 0. The minimum absolute atomic E-state index is 0.0387. The maximum Gasteiger partial charge on any atom is 0.303 e. The van der Waals surface area contributed by atoms with E-state index in [1.54, 1.807) is 0 Å². The number of carbonyl (C=O) groups excluding carboxylic acids is 1. The van der Waals surface area contributed by atoms with E-state index in [1.165, 1.54) is 11.1 Å². The molecular formula is C17H23NO3. The number of carbonyl (C=O) groups is 2. The molecule has 0 spiro atoms. The summed E-state index contributed by atoms with van der Waals surface area (Å²) in [6.45, 7) is 0.719. The Morgan fingerprint density at radius 3 is 2.57 bits per heavy atom. The third-order valence-corrected chi connectivity index (χ3v) is 4.04. The lowest BCUT2D eigenvalue weighted by atomic mass is 9.77. The highest BCUT2D eigenvalue weighted by Gasteiger charge is 2.31. The molecule has 1 amide bonds. The van der Waals surface area contributed by atoms with Crippen molar-refractivity contribution in [2.75, 3.05) is 6.54 Å². The predicted octanol–water partition coefficient (Wildman–Crippen LogP) is 2.87. The Bertz CT molecular complexity index is 499. The lowest BCUT2D eigenvalue weighted by Crippen LogP contribution is -2.35. The molecule has 2 N–H and O–H groups in total. The molecule has 1 aliphatic rings. The van der Waals surface area contributed by atoms with Crippen molar-refractivity contribution in [2.24, 2.45) is 0 Å². The van der Waals surface area contributed by atoms with Gasteiger partial charge in [0.05, 0.1) is 5.92 Å². The van der Waals surface area contributed by atoms with Crippen LogP contribution in [0.15, 0.2) is 24.3 Å². The molecule has 21 heavy (non-hydrogen) atoms. The van der Waals surface area contributed by atoms with Crippen LogP contribution < -0.4 is 5.32 Å². The van der Waals surface area contributed by atoms with Crippen molar-refractivity contribution in [3.63, 3.8) is 0 Å². The average Bonchev–Trinajstić information content (AvgIpc) is 2.43. The molecule has 0 aliphatic heterocycles. The zero-order valence-corrected chi connectivity index (χ0v) is 12.3. The molecule has 1 atom stereocenters. The number of rotatable bonds is 9. The summed E-state index contributed by atoms with van der Waals surface area (Å²) in [5, 5.41) is 11.5. The van der Waals surface area contributed by atoms with Crippen LogP contribution in [0.1, 0.15) is 55.6 Å². The van der Waals surface area contributed by atoms with Gasteiger partial charge in [0.2, 0.25) is 5.91 Å². The second kappa shape index (κ2) is 7.81. The van der Waals surface area contributed by atoms with Crippen LogP contribution in [0.4, 0.5) is 0 Å². The Kier molecular flexibility index (Phi) is 5.78. The zero-order chi connectivity index (χ0) is 15.1. The maximum absolute atomic E-state index is 12.0. The van der Waals surface area contributed by atoms with Crippen LogP contribution in [-0.2, 0) is 16.0 Å². The van der Waals surface area contributed by atoms with E-state index in [2.05, 4.69) is 11.4 Å². The Morgan fingerprint density at radius 1 is 1.10 bits per heavy atom. The number of hydrogen-bond donors (Lipinski definition) is 2. The van der Waals surface area contributed by atoms with E-state index in [0.717, 1.165) is 45.1 Å². The lowest BCUT2D eigenvalue weighted by Gasteiger charge is -2.28. The van der Waals surface area contributed by atoms with Crippen LogP contribution in [0, 0.1) is 0 Å². The molecule has 2 rings (SSSR count). The van der Waals surface area contributed by atoms with Gasteiger partial charge in [-0.15, -0.1) is 0 Å². The maximum atomic E-state index is 12.0. The first-order chi connectivity index (χ1) is 10.2. The highest BCUT2D eigenvalue weighted by molar-refractivity contribution is 5.86. The van der Waals surface area contributed by atoms with Gasteiger partial charge in [-0.05, 0) is 30.4 Å². The number of carboxylic acids is 1. The van der Waals surface area contributed by atoms with Crippen LogP contribution in [-0.4, -0.2) is 23.5 Å². The van der Waals surface area contributed by atoms with Crippen LogP contribution in [0.25, 0.3) is 0 Å². The standard InChI is InChI=1S/C17H23NO3/c19-16(20)10-4-2-1-3-7-11-18-17(21)15-12-13-8-5-6-9-14(13)15/h5-6,8-9,15H,1-4,7,10-12H2,(H,18,21)(H,19,20). The number of benzene rings is 1. The van der Waals surface area contributed by atoms with Crippen molar-refractivity contribution in [3.05, 3.63) is 35.4 Å². The number of hydrogen-bond acceptors (Lipinski definition) is 2. The highest BCUT2D eigenvalue weighted by Crippen LogP contribution is 2.34. The second-order valence-electron chi connectivity index (χ2n) is 5.66. The Hall–Kier alpha value is -1.84. The quantitative estimate of drug-likeness (QED) is 0.687. The Labute approximate surface area is 125 Å². The molecule has 0 aromatic heterocycles. The number of unbranched alkanes of at least 4 members (excludes halogenated alkanes) is 4. The molecule has 1 aromatic rings. The Morgan fingerprint density at radius 2 is 1.81 bits per heavy atom. The van der Waals surface area contributed by atoms with Gasteiger partial charge in [0.25, 0.3) is 0 Å². The minimum Gasteiger partial charge on any atom is -0.481 e. The number of nitrogens with one attached hydrogen (secondary N) is 1. The number of carboxylic acid groups (broad SMARTS) is 1. The van der Waals surface area contributed by atoms with E-state index in [9.17, 15) is 9.59 Å². The molecule has 1 aromatic carbocycles. The van der Waals surface area contributed by atoms with Gasteiger partial charge in [-0.25, -0.2) is 0 Å². The van der Waals surface area contributed by atoms with Gasteiger partial charge < -0.3 is 10.4 Å². The summed E-state index contributed by atoms with van der Waals surface area (Å²) in [4.78, 5) is 22.4. The van der Waals surface area contributed by atoms with Crippen LogP contribution in [0.2, 0.25) is 0 Å². The molecule has 0 bridgehead atoms. The molecule has 0 saturated heterocycles. The monoisotopic (exact) mass is 289 g/mol. The normalized spacial score (nSPS) is 15.9. The molecular weight excluding hydrogens is 266 g/mol. The summed E-state index contributed by atoms with van der Waals surface area (Å²) in [5.41, 5.74) is 2.46. The first-order valence-corrected chi connectivity index (χ1v) is 7.76. The van der Waals surface area contributed by atoms with Gasteiger partial charge in [0, 0.05) is 13.0 Å². The highest BCUT2D eigenvalue weighted by atomic mass is 16.4. The third kappa shape index (κ3) is 4.59. The summed E-state index contributed by atoms with van der Waals surface area (Å²) in [5.74, 6) is -0.542. The fourth-order valence-corrected chi connectivity index (χ4v) is 2.76. The van der Waals surface area contributed by atoms with Crippen molar-refractivity contribution in [2.45, 2.75) is 50.9 Å². The third-order valence-electron chi connectivity index (χ3n) is 4.04. The average molecular weight is 289 g/mol. The smallest absolute Gasteiger partial charge is 0.303 e. The van der Waals surface area contributed by atoms with Gasteiger partial charge in [-0.3, -0.25) is 9.59 Å². The van der Waals surface area contributed by atoms with Crippen LogP contribution >= 0.6 is 0 Å². The summed E-state index contributed by atoms with van der Waals surface area (Å²) in [6.07, 6.45) is 5.87. The molecule has 4 nitrogen and oxygen atoms in total. The molecule has 4 heteroatoms. The van der Waals surface area contributed by atoms with Gasteiger partial charge in [-0.1, -0.05) is 43.5 Å². The van der Waals surface area contributed by atoms with E-state index >= 15 is 0 Å². The lowest BCUT2D eigenvalue weighted by molar-refractivity contribution is -0.137. The number of amides is 1. The van der Waals surface area contributed by atoms with Crippen molar-refractivity contribution < 1.29 is 14.7 Å². The van der Waals surface area contributed by atoms with E-state index in [4.69, 9.17) is 5.11 Å². The molecule has 114 valence electrons. The SMILES string of the molecule is O=C(O)CCCCCCCNC(=O)C1Cc2ccccc21. The number of aliphatic carboxylic acids is 1. The largest absolute Gasteiger partial charge is 0.481 e. The van der Waals surface area contributed by atoms with E-state index in [0.29, 0.717) is 0 Å². The summed E-state index contributed by atoms with van der Waals surface area (Å²) in [6, 6.07) is 8.11. The molecule has 0 heterocycles. The molecule has 0 radical (unpaired) electrons. The number of fused-ring (bicyclic) bond motifs is 1. The first-order valence-electron chi connectivity index (χ1n) is 7.76. The van der Waals surface area contributed by atoms with Crippen LogP contribution in [0.3, 0.4) is 0 Å². The van der Waals surface area contributed by atoms with Crippen molar-refractivity contribution in [1.29, 1.82) is 0 Å². The van der Waals surface area contributed by atoms with Crippen molar-refractivity contribution in [3.8, 4) is 0 Å². The minimum atomic E-state index is -0.719. The molecule has 1 aliphatic carbocycles. The molecule has 0 saturated carbocycles. The van der Waals surface area contributed by atoms with E-state index in [-0.39, 0.29) is 18.2 Å². The van der Waals surface area contributed by atoms with Gasteiger partial charge in [0.15, 0.2) is 0 Å². The summed E-state index contributed by atoms with van der Waals surface area (Å²) >= 11 is 0. The topological polar surface area (TPSA) is 66.4 Å². The fourth-order valence-electron chi connectivity index (χ4n) is 2.76. The second-order valence-corrected chi connectivity index (χ2v) is 5.66. The predicted molar refractivity (Wildman–Crippen MR) is 81.2 cm³/mol. The molecule has 1 unspecified atom stereocenters. The fraction of sp³-hybridized carbons (Fsp3) is 0.529. The Balaban J connectivity index is 1.52. The van der Waals surface area contributed by atoms with E-state index in [1.807, 2.05) is 18.2 Å². The zero-order valence-electron chi connectivity index (χ0n) is 12.3. The van der Waals surface area contributed by atoms with Crippen LogP contribution in [0.5, 0.6) is 0 Å². The van der Waals surface area contributed by atoms with Crippen molar-refractivity contribution >= 4 is 11.9 Å². The van der Waals surface area contributed by atoms with Gasteiger partial charge in [0.1, 0.15) is 0 Å². The summed E-state index contributed by atoms with van der Waals surface area (Å²) < 4.78 is 0. The van der Waals surface area contributed by atoms with E-state index < -0.39 is 5.97 Å². The van der Waals surface area contributed by atoms with Gasteiger partial charge in [-0.2, -0.15) is 0 Å².